The molecule has 1 aliphatic rings. The van der Waals surface area contributed by atoms with Crippen LogP contribution in [0.15, 0.2) is 36.5 Å². The summed E-state index contributed by atoms with van der Waals surface area (Å²) < 4.78 is 1.64. The minimum Gasteiger partial charge on any atom is -0.396 e. The zero-order valence-electron chi connectivity index (χ0n) is 11.4. The molecule has 21 heavy (non-hydrogen) atoms. The van der Waals surface area contributed by atoms with Crippen molar-refractivity contribution < 1.29 is 9.90 Å². The van der Waals surface area contributed by atoms with Gasteiger partial charge in [0.1, 0.15) is 0 Å². The van der Waals surface area contributed by atoms with Crippen LogP contribution in [0.3, 0.4) is 0 Å². The summed E-state index contributed by atoms with van der Waals surface area (Å²) in [5.41, 5.74) is 1.23. The summed E-state index contributed by atoms with van der Waals surface area (Å²) in [6, 6.07) is 9.01. The van der Waals surface area contributed by atoms with Crippen molar-refractivity contribution in [3.63, 3.8) is 0 Å². The van der Waals surface area contributed by atoms with E-state index in [4.69, 9.17) is 16.7 Å². The Hall–Kier alpha value is -1.85. The average Bonchev–Trinajstić information content (AvgIpc) is 3.16. The molecule has 0 bridgehead atoms. The molecule has 1 N–H and O–H groups in total. The molecular weight excluding hydrogens is 290 g/mol. The van der Waals surface area contributed by atoms with Gasteiger partial charge in [-0.05, 0) is 30.7 Å². The summed E-state index contributed by atoms with van der Waals surface area (Å²) in [6.07, 6.45) is 2.59. The van der Waals surface area contributed by atoms with Gasteiger partial charge >= 0.3 is 0 Å². The van der Waals surface area contributed by atoms with Crippen LogP contribution in [-0.2, 0) is 0 Å². The Morgan fingerprint density at radius 2 is 2.29 bits per heavy atom. The van der Waals surface area contributed by atoms with Gasteiger partial charge in [-0.25, -0.2) is 4.68 Å². The van der Waals surface area contributed by atoms with Crippen molar-refractivity contribution in [1.29, 1.82) is 0 Å². The zero-order chi connectivity index (χ0) is 14.8. The molecule has 2 heterocycles. The third kappa shape index (κ3) is 2.94. The molecule has 0 radical (unpaired) electrons. The van der Waals surface area contributed by atoms with Crippen LogP contribution in [-0.4, -0.2) is 45.4 Å². The van der Waals surface area contributed by atoms with E-state index < -0.39 is 0 Å². The number of hydrogen-bond donors (Lipinski definition) is 1. The molecule has 3 rings (SSSR count). The second kappa shape index (κ2) is 5.87. The molecule has 0 aliphatic carbocycles. The molecule has 1 amide bonds. The summed E-state index contributed by atoms with van der Waals surface area (Å²) in [5, 5.41) is 14.1. The van der Waals surface area contributed by atoms with Gasteiger partial charge in [0.15, 0.2) is 5.69 Å². The highest BCUT2D eigenvalue weighted by atomic mass is 35.5. The molecule has 1 aromatic heterocycles. The summed E-state index contributed by atoms with van der Waals surface area (Å²) in [4.78, 5) is 14.1. The Bertz CT molecular complexity index is 656. The van der Waals surface area contributed by atoms with Crippen molar-refractivity contribution in [2.24, 2.45) is 5.92 Å². The monoisotopic (exact) mass is 305 g/mol. The van der Waals surface area contributed by atoms with Gasteiger partial charge in [-0.15, -0.1) is 0 Å². The SMILES string of the molecule is O=C(c1ccn(-c2cccc(Cl)c2)n1)N1CCC(CO)C1. The van der Waals surface area contributed by atoms with Crippen molar-refractivity contribution in [2.45, 2.75) is 6.42 Å². The fourth-order valence-electron chi connectivity index (χ4n) is 2.53. The van der Waals surface area contributed by atoms with Gasteiger partial charge in [0.05, 0.1) is 5.69 Å². The van der Waals surface area contributed by atoms with E-state index in [0.29, 0.717) is 23.8 Å². The average molecular weight is 306 g/mol. The van der Waals surface area contributed by atoms with Gasteiger partial charge in [-0.2, -0.15) is 5.10 Å². The summed E-state index contributed by atoms with van der Waals surface area (Å²) in [6.45, 7) is 1.40. The quantitative estimate of drug-likeness (QED) is 0.943. The summed E-state index contributed by atoms with van der Waals surface area (Å²) in [5.74, 6) is 0.0932. The predicted molar refractivity (Wildman–Crippen MR) is 79.7 cm³/mol. The smallest absolute Gasteiger partial charge is 0.274 e. The summed E-state index contributed by atoms with van der Waals surface area (Å²) in [7, 11) is 0. The van der Waals surface area contributed by atoms with Crippen LogP contribution in [0.1, 0.15) is 16.9 Å². The van der Waals surface area contributed by atoms with E-state index in [0.717, 1.165) is 12.1 Å². The topological polar surface area (TPSA) is 58.4 Å². The van der Waals surface area contributed by atoms with Crippen LogP contribution < -0.4 is 0 Å². The maximum absolute atomic E-state index is 12.4. The van der Waals surface area contributed by atoms with Crippen LogP contribution in [0.5, 0.6) is 0 Å². The molecule has 0 spiro atoms. The molecule has 6 heteroatoms. The van der Waals surface area contributed by atoms with E-state index in [1.807, 2.05) is 12.1 Å². The largest absolute Gasteiger partial charge is 0.396 e. The number of benzene rings is 1. The van der Waals surface area contributed by atoms with Crippen molar-refractivity contribution in [1.82, 2.24) is 14.7 Å². The van der Waals surface area contributed by atoms with Crippen LogP contribution in [0.25, 0.3) is 5.69 Å². The molecule has 110 valence electrons. The lowest BCUT2D eigenvalue weighted by molar-refractivity contribution is 0.0775. The lowest BCUT2D eigenvalue weighted by atomic mass is 10.1. The van der Waals surface area contributed by atoms with E-state index >= 15 is 0 Å². The molecule has 1 atom stereocenters. The number of aliphatic hydroxyl groups excluding tert-OH is 1. The second-order valence-corrected chi connectivity index (χ2v) is 5.65. The molecular formula is C15H16ClN3O2. The number of hydrogen-bond acceptors (Lipinski definition) is 3. The minimum atomic E-state index is -0.0910. The predicted octanol–water partition coefficient (Wildman–Crippen LogP) is 1.98. The number of amides is 1. The number of likely N-dealkylation sites (tertiary alicyclic amines) is 1. The standard InChI is InChI=1S/C15H16ClN3O2/c16-12-2-1-3-13(8-12)19-7-5-14(17-19)15(21)18-6-4-11(9-18)10-20/h1-3,5,7-8,11,20H,4,6,9-10H2. The van der Waals surface area contributed by atoms with Gasteiger partial charge in [0, 0.05) is 36.8 Å². The van der Waals surface area contributed by atoms with E-state index in [1.165, 1.54) is 0 Å². The molecule has 2 aromatic rings. The highest BCUT2D eigenvalue weighted by Crippen LogP contribution is 2.19. The molecule has 1 aliphatic heterocycles. The third-order valence-corrected chi connectivity index (χ3v) is 3.95. The first-order valence-corrected chi connectivity index (χ1v) is 7.27. The fourth-order valence-corrected chi connectivity index (χ4v) is 2.71. The third-order valence-electron chi connectivity index (χ3n) is 3.71. The van der Waals surface area contributed by atoms with Crippen molar-refractivity contribution in [2.75, 3.05) is 19.7 Å². The molecule has 1 unspecified atom stereocenters. The van der Waals surface area contributed by atoms with Crippen molar-refractivity contribution >= 4 is 17.5 Å². The number of nitrogens with zero attached hydrogens (tertiary/aromatic N) is 3. The normalized spacial score (nSPS) is 18.2. The summed E-state index contributed by atoms with van der Waals surface area (Å²) >= 11 is 5.96. The fraction of sp³-hybridized carbons (Fsp3) is 0.333. The lowest BCUT2D eigenvalue weighted by Crippen LogP contribution is -2.29. The van der Waals surface area contributed by atoms with Crippen LogP contribution in [0.4, 0.5) is 0 Å². The number of rotatable bonds is 3. The van der Waals surface area contributed by atoms with Crippen LogP contribution in [0, 0.1) is 5.92 Å². The maximum atomic E-state index is 12.4. The molecule has 0 saturated carbocycles. The number of carbonyl (C=O) groups excluding carboxylic acids is 1. The molecule has 1 fully saturated rings. The second-order valence-electron chi connectivity index (χ2n) is 5.21. The van der Waals surface area contributed by atoms with Gasteiger partial charge in [0.25, 0.3) is 5.91 Å². The van der Waals surface area contributed by atoms with Gasteiger partial charge in [0.2, 0.25) is 0 Å². The first-order chi connectivity index (χ1) is 10.2. The number of aliphatic hydroxyl groups is 1. The lowest BCUT2D eigenvalue weighted by Gasteiger charge is -2.14. The van der Waals surface area contributed by atoms with Gasteiger partial charge in [-0.3, -0.25) is 4.79 Å². The first-order valence-electron chi connectivity index (χ1n) is 6.89. The number of carbonyl (C=O) groups is 1. The molecule has 1 aromatic carbocycles. The maximum Gasteiger partial charge on any atom is 0.274 e. The van der Waals surface area contributed by atoms with Gasteiger partial charge in [-0.1, -0.05) is 17.7 Å². The van der Waals surface area contributed by atoms with Gasteiger partial charge < -0.3 is 10.0 Å². The molecule has 5 nitrogen and oxygen atoms in total. The number of aromatic nitrogens is 2. The molecule has 1 saturated heterocycles. The minimum absolute atomic E-state index is 0.0910. The Kier molecular flexibility index (Phi) is 3.94. The van der Waals surface area contributed by atoms with Crippen LogP contribution >= 0.6 is 11.6 Å². The zero-order valence-corrected chi connectivity index (χ0v) is 12.2. The Balaban J connectivity index is 1.77. The van der Waals surface area contributed by atoms with E-state index in [2.05, 4.69) is 5.10 Å². The highest BCUT2D eigenvalue weighted by molar-refractivity contribution is 6.30. The van der Waals surface area contributed by atoms with E-state index in [-0.39, 0.29) is 18.4 Å². The first kappa shape index (κ1) is 14.1. The number of halogens is 1. The van der Waals surface area contributed by atoms with E-state index in [9.17, 15) is 4.79 Å². The Labute approximate surface area is 127 Å². The van der Waals surface area contributed by atoms with Crippen molar-refractivity contribution in [3.05, 3.63) is 47.2 Å². The highest BCUT2D eigenvalue weighted by Gasteiger charge is 2.27. The Morgan fingerprint density at radius 1 is 1.43 bits per heavy atom. The van der Waals surface area contributed by atoms with Crippen LogP contribution in [0.2, 0.25) is 5.02 Å². The van der Waals surface area contributed by atoms with Crippen molar-refractivity contribution in [3.8, 4) is 5.69 Å². The van der Waals surface area contributed by atoms with E-state index in [1.54, 1.807) is 34.0 Å². The Morgan fingerprint density at radius 3 is 3.00 bits per heavy atom.